The number of aryl methyl sites for hydroxylation is 1. The molecule has 2 saturated heterocycles. The van der Waals surface area contributed by atoms with Crippen molar-refractivity contribution in [3.63, 3.8) is 0 Å². The summed E-state index contributed by atoms with van der Waals surface area (Å²) in [5.41, 5.74) is 0. The molecule has 0 radical (unpaired) electrons. The van der Waals surface area contributed by atoms with Gasteiger partial charge in [0.15, 0.2) is 0 Å². The molecule has 37 heavy (non-hydrogen) atoms. The standard InChI is InChI=1S/C18H22N2O3.2C2HF3O2/c1-13-6-7-15(22-13)11-20-12-17(18-16(20)5-3-9-21-18)23-14-4-2-8-19-10-14;2*3-2(4,5)1(6)7/h2,4,6-8,10,16-18H,3,5,9,11-12H2,1H3;2*(H,6,7)/t16-,17-,18+;;/m1../s1. The van der Waals surface area contributed by atoms with Crippen LogP contribution in [0.1, 0.15) is 24.4 Å². The number of carboxylic acid groups (broad SMARTS) is 2. The molecule has 15 heteroatoms. The molecule has 0 unspecified atom stereocenters. The molecule has 2 aromatic heterocycles. The van der Waals surface area contributed by atoms with Crippen LogP contribution in [0.3, 0.4) is 0 Å². The number of rotatable bonds is 4. The summed E-state index contributed by atoms with van der Waals surface area (Å²) in [6, 6.07) is 8.32. The van der Waals surface area contributed by atoms with Gasteiger partial charge in [-0.15, -0.1) is 0 Å². The van der Waals surface area contributed by atoms with Gasteiger partial charge in [0.25, 0.3) is 0 Å². The van der Waals surface area contributed by atoms with Crippen molar-refractivity contribution in [3.05, 3.63) is 48.2 Å². The monoisotopic (exact) mass is 542 g/mol. The third-order valence-electron chi connectivity index (χ3n) is 5.15. The average Bonchev–Trinajstić information content (AvgIpc) is 3.37. The van der Waals surface area contributed by atoms with E-state index in [-0.39, 0.29) is 12.2 Å². The molecule has 9 nitrogen and oxygen atoms in total. The number of likely N-dealkylation sites (tertiary alicyclic amines) is 1. The molecule has 4 heterocycles. The first kappa shape index (κ1) is 29.9. The number of furan rings is 1. The number of hydrogen-bond acceptors (Lipinski definition) is 7. The first-order valence-electron chi connectivity index (χ1n) is 10.8. The Morgan fingerprint density at radius 3 is 2.22 bits per heavy atom. The Bertz CT molecular complexity index is 989. The Hall–Kier alpha value is -3.33. The van der Waals surface area contributed by atoms with Gasteiger partial charge in [0.05, 0.1) is 12.7 Å². The lowest BCUT2D eigenvalue weighted by Gasteiger charge is -2.31. The zero-order chi connectivity index (χ0) is 27.8. The van der Waals surface area contributed by atoms with Crippen molar-refractivity contribution < 1.29 is 60.0 Å². The fourth-order valence-corrected chi connectivity index (χ4v) is 3.65. The van der Waals surface area contributed by atoms with Crippen molar-refractivity contribution in [2.24, 2.45) is 0 Å². The van der Waals surface area contributed by atoms with E-state index in [1.165, 1.54) is 0 Å². The molecule has 2 aliphatic heterocycles. The molecule has 2 fully saturated rings. The first-order chi connectivity index (χ1) is 17.2. The number of carboxylic acids is 2. The van der Waals surface area contributed by atoms with E-state index < -0.39 is 24.3 Å². The quantitative estimate of drug-likeness (QED) is 0.551. The summed E-state index contributed by atoms with van der Waals surface area (Å²) in [6.07, 6.45) is -4.23. The van der Waals surface area contributed by atoms with E-state index in [1.54, 1.807) is 12.4 Å². The summed E-state index contributed by atoms with van der Waals surface area (Å²) in [7, 11) is 0. The van der Waals surface area contributed by atoms with Crippen LogP contribution in [0.2, 0.25) is 0 Å². The number of alkyl halides is 6. The molecular weight excluding hydrogens is 518 g/mol. The molecule has 2 N–H and O–H groups in total. The predicted molar refractivity (Wildman–Crippen MR) is 113 cm³/mol. The minimum Gasteiger partial charge on any atom is -0.485 e. The third kappa shape index (κ3) is 9.57. The number of ether oxygens (including phenoxy) is 2. The van der Waals surface area contributed by atoms with Crippen molar-refractivity contribution in [1.82, 2.24) is 9.88 Å². The van der Waals surface area contributed by atoms with E-state index in [2.05, 4.69) is 16.0 Å². The smallest absolute Gasteiger partial charge is 0.485 e. The lowest BCUT2D eigenvalue weighted by molar-refractivity contribution is -0.193. The minimum atomic E-state index is -5.08. The summed E-state index contributed by atoms with van der Waals surface area (Å²) in [5.74, 6) is -2.74. The van der Waals surface area contributed by atoms with Crippen LogP contribution in [-0.2, 0) is 20.9 Å². The van der Waals surface area contributed by atoms with Gasteiger partial charge in [0.2, 0.25) is 0 Å². The number of nitrogens with zero attached hydrogens (tertiary/aromatic N) is 2. The van der Waals surface area contributed by atoms with E-state index in [0.29, 0.717) is 6.04 Å². The van der Waals surface area contributed by atoms with Gasteiger partial charge in [-0.2, -0.15) is 26.3 Å². The van der Waals surface area contributed by atoms with Crippen LogP contribution in [0, 0.1) is 6.92 Å². The van der Waals surface area contributed by atoms with Crippen LogP contribution >= 0.6 is 0 Å². The number of hydrogen-bond donors (Lipinski definition) is 2. The van der Waals surface area contributed by atoms with Crippen molar-refractivity contribution in [3.8, 4) is 5.75 Å². The number of aromatic nitrogens is 1. The average molecular weight is 542 g/mol. The number of pyridine rings is 1. The summed E-state index contributed by atoms with van der Waals surface area (Å²) in [5, 5.41) is 14.2. The summed E-state index contributed by atoms with van der Waals surface area (Å²) in [6.45, 7) is 4.46. The number of aliphatic carboxylic acids is 2. The number of carbonyl (C=O) groups is 2. The van der Waals surface area contributed by atoms with Gasteiger partial charge in [-0.05, 0) is 44.0 Å². The number of fused-ring (bicyclic) bond motifs is 1. The van der Waals surface area contributed by atoms with Crippen molar-refractivity contribution in [1.29, 1.82) is 0 Å². The molecule has 0 saturated carbocycles. The van der Waals surface area contributed by atoms with E-state index in [4.69, 9.17) is 33.7 Å². The van der Waals surface area contributed by atoms with Gasteiger partial charge in [0, 0.05) is 25.4 Å². The third-order valence-corrected chi connectivity index (χ3v) is 5.15. The maximum atomic E-state index is 10.6. The van der Waals surface area contributed by atoms with Gasteiger partial charge >= 0.3 is 24.3 Å². The highest BCUT2D eigenvalue weighted by Gasteiger charge is 2.45. The molecule has 2 aliphatic rings. The molecule has 0 bridgehead atoms. The molecule has 3 atom stereocenters. The highest BCUT2D eigenvalue weighted by molar-refractivity contribution is 5.73. The molecule has 0 aliphatic carbocycles. The largest absolute Gasteiger partial charge is 0.490 e. The Labute approximate surface area is 206 Å². The van der Waals surface area contributed by atoms with Crippen LogP contribution < -0.4 is 4.74 Å². The van der Waals surface area contributed by atoms with E-state index in [0.717, 1.165) is 49.8 Å². The molecule has 2 aromatic rings. The van der Waals surface area contributed by atoms with E-state index in [1.807, 2.05) is 25.1 Å². The van der Waals surface area contributed by atoms with Gasteiger partial charge in [-0.1, -0.05) is 0 Å². The lowest BCUT2D eigenvalue weighted by Crippen LogP contribution is -2.42. The van der Waals surface area contributed by atoms with Crippen LogP contribution in [0.25, 0.3) is 0 Å². The van der Waals surface area contributed by atoms with Crippen molar-refractivity contribution in [2.45, 2.75) is 56.9 Å². The van der Waals surface area contributed by atoms with Crippen LogP contribution in [0.15, 0.2) is 41.1 Å². The second kappa shape index (κ2) is 12.8. The second-order valence-corrected chi connectivity index (χ2v) is 7.94. The second-order valence-electron chi connectivity index (χ2n) is 7.94. The SMILES string of the molecule is Cc1ccc(CN2C[C@@H](Oc3cccnc3)[C@H]3OCCC[C@H]32)o1.O=C(O)C(F)(F)F.O=C(O)C(F)(F)F. The van der Waals surface area contributed by atoms with Crippen molar-refractivity contribution in [2.75, 3.05) is 13.2 Å². The Kier molecular flexibility index (Phi) is 10.3. The van der Waals surface area contributed by atoms with E-state index >= 15 is 0 Å². The Balaban J connectivity index is 0.000000286. The maximum Gasteiger partial charge on any atom is 0.490 e. The van der Waals surface area contributed by atoms with E-state index in [9.17, 15) is 26.3 Å². The van der Waals surface area contributed by atoms with Crippen LogP contribution in [-0.4, -0.2) is 75.8 Å². The van der Waals surface area contributed by atoms with Gasteiger partial charge in [-0.25, -0.2) is 9.59 Å². The van der Waals surface area contributed by atoms with Gasteiger partial charge in [0.1, 0.15) is 29.5 Å². The fourth-order valence-electron chi connectivity index (χ4n) is 3.65. The summed E-state index contributed by atoms with van der Waals surface area (Å²) >= 11 is 0. The van der Waals surface area contributed by atoms with Gasteiger partial charge in [-0.3, -0.25) is 9.88 Å². The van der Waals surface area contributed by atoms with Crippen LogP contribution in [0.5, 0.6) is 5.75 Å². The Morgan fingerprint density at radius 1 is 1.11 bits per heavy atom. The van der Waals surface area contributed by atoms with Gasteiger partial charge < -0.3 is 24.1 Å². The number of halogens is 6. The maximum absolute atomic E-state index is 10.6. The minimum absolute atomic E-state index is 0.0422. The predicted octanol–water partition coefficient (Wildman–Crippen LogP) is 4.06. The highest BCUT2D eigenvalue weighted by Crippen LogP contribution is 2.32. The van der Waals surface area contributed by atoms with Crippen LogP contribution in [0.4, 0.5) is 26.3 Å². The zero-order valence-electron chi connectivity index (χ0n) is 19.3. The lowest BCUT2D eigenvalue weighted by atomic mass is 10.0. The summed E-state index contributed by atoms with van der Waals surface area (Å²) in [4.78, 5) is 24.4. The zero-order valence-corrected chi connectivity index (χ0v) is 19.3. The molecular formula is C22H24F6N2O7. The molecule has 206 valence electrons. The molecule has 0 spiro atoms. The molecule has 0 amide bonds. The topological polar surface area (TPSA) is 122 Å². The normalized spacial score (nSPS) is 21.5. The fraction of sp³-hybridized carbons (Fsp3) is 0.500. The summed E-state index contributed by atoms with van der Waals surface area (Å²) < 4.78 is 81.4. The van der Waals surface area contributed by atoms with Crippen molar-refractivity contribution >= 4 is 11.9 Å². The highest BCUT2D eigenvalue weighted by atomic mass is 19.4. The Morgan fingerprint density at radius 2 is 1.73 bits per heavy atom. The molecule has 4 rings (SSSR count). The molecule has 0 aromatic carbocycles. The first-order valence-corrected chi connectivity index (χ1v) is 10.8.